The van der Waals surface area contributed by atoms with Gasteiger partial charge in [-0.05, 0) is 73.8 Å². The Bertz CT molecular complexity index is 3400. The first-order valence-corrected chi connectivity index (χ1v) is 30.0. The molecule has 0 saturated heterocycles. The molecule has 0 unspecified atom stereocenters. The minimum Gasteiger partial charge on any atom is -0.458 e. The molecule has 3 aliphatic heterocycles. The Morgan fingerprint density at radius 1 is 0.739 bits per heavy atom. The molecule has 2 aromatic heterocycles. The van der Waals surface area contributed by atoms with Crippen LogP contribution in [-0.4, -0.2) is 151 Å². The van der Waals surface area contributed by atoms with E-state index >= 15 is 4.39 Å². The number of ether oxygens (including phenoxy) is 5. The summed E-state index contributed by atoms with van der Waals surface area (Å²) in [6.45, 7) is 4.76. The van der Waals surface area contributed by atoms with Crippen LogP contribution in [0.25, 0.3) is 22.3 Å². The molecule has 5 amide bonds. The van der Waals surface area contributed by atoms with Crippen LogP contribution < -0.4 is 21.5 Å². The van der Waals surface area contributed by atoms with Gasteiger partial charge in [-0.1, -0.05) is 37.3 Å². The number of cyclic esters (lactones) is 1. The molecule has 1 aliphatic carbocycles. The van der Waals surface area contributed by atoms with Crippen LogP contribution in [0.2, 0.25) is 0 Å². The fourth-order valence-corrected chi connectivity index (χ4v) is 11.3. The second kappa shape index (κ2) is 31.2. The van der Waals surface area contributed by atoms with Crippen molar-refractivity contribution in [2.24, 2.45) is 5.92 Å². The third-order valence-corrected chi connectivity index (χ3v) is 16.2. The molecule has 5 heterocycles. The van der Waals surface area contributed by atoms with Gasteiger partial charge in [0.1, 0.15) is 24.0 Å². The van der Waals surface area contributed by atoms with Crippen LogP contribution in [-0.2, 0) is 103 Å². The van der Waals surface area contributed by atoms with Gasteiger partial charge in [0.15, 0.2) is 17.2 Å². The van der Waals surface area contributed by atoms with Gasteiger partial charge in [-0.2, -0.15) is 0 Å². The highest BCUT2D eigenvalue weighted by Gasteiger charge is 2.46. The number of amides is 5. The van der Waals surface area contributed by atoms with Crippen LogP contribution in [0.3, 0.4) is 0 Å². The standard InChI is InChI=1S/C64H75FN6O17/c1-3-64(83)49-33-53-60-47(37-71(53)62(81)48(49)38-88-63(64)82)59-51(16-15-46-39(2)50(65)34-52(69-60)58(46)59)68-55(77)13-7-11-44(74)35-67-61(80)41(31-40-9-5-4-6-10-40)32-45(75)36-66-54(76)17-14-43(73)21-24-85-26-28-87-30-29-86-27-25-84-23-8-12-42(72)20-22-70-56(78)18-19-57(70)79/h4-6,9-10,18-19,33-34,41,51,83H,3,7-8,11-17,20-32,35-38H2,1-2H3,(H,66,76)(H,67,80)(H,68,77)/t41-,51+,64+/m1/s1. The molecule has 470 valence electrons. The van der Waals surface area contributed by atoms with Crippen molar-refractivity contribution >= 4 is 69.5 Å². The SMILES string of the molecule is CC[C@@]1(O)C(=O)OCc2c1cc1n(c2=O)Cc2c-1nc1cc(F)c(C)c3c1c2[C@@H](NC(=O)CCCC(=O)CNC(=O)[C@@H](CC(=O)CNC(=O)CCC(=O)CCOCCOCCOCCOCCCC(=O)CCN1C(=O)C=CC1=O)Cc1ccccc1)CC3. The maximum absolute atomic E-state index is 15.4. The predicted octanol–water partition coefficient (Wildman–Crippen LogP) is 3.89. The number of aromatic nitrogens is 2. The van der Waals surface area contributed by atoms with Crippen LogP contribution in [0.4, 0.5) is 4.39 Å². The van der Waals surface area contributed by atoms with Crippen LogP contribution in [0.5, 0.6) is 0 Å². The minimum absolute atomic E-state index is 0.0410. The summed E-state index contributed by atoms with van der Waals surface area (Å²) in [5, 5.41) is 20.4. The molecule has 2 aromatic carbocycles. The number of fused-ring (bicyclic) bond motifs is 5. The van der Waals surface area contributed by atoms with E-state index in [1.165, 1.54) is 22.8 Å². The molecule has 4 aliphatic rings. The van der Waals surface area contributed by atoms with Gasteiger partial charge in [-0.25, -0.2) is 14.2 Å². The third kappa shape index (κ3) is 16.8. The Morgan fingerprint density at radius 2 is 1.40 bits per heavy atom. The lowest BCUT2D eigenvalue weighted by atomic mass is 9.81. The fourth-order valence-electron chi connectivity index (χ4n) is 11.3. The maximum Gasteiger partial charge on any atom is 0.343 e. The molecule has 8 rings (SSSR count). The van der Waals surface area contributed by atoms with Gasteiger partial charge < -0.3 is 49.3 Å². The summed E-state index contributed by atoms with van der Waals surface area (Å²) in [5.74, 6) is -5.44. The van der Waals surface area contributed by atoms with Crippen molar-refractivity contribution in [2.45, 2.75) is 129 Å². The number of carbonyl (C=O) groups is 10. The summed E-state index contributed by atoms with van der Waals surface area (Å²) in [6.07, 6.45) is 3.95. The molecule has 0 spiro atoms. The van der Waals surface area contributed by atoms with E-state index in [0.29, 0.717) is 91.3 Å². The van der Waals surface area contributed by atoms with Gasteiger partial charge in [0.2, 0.25) is 17.7 Å². The number of hydrogen-bond donors (Lipinski definition) is 4. The molecule has 0 bridgehead atoms. The average Bonchev–Trinajstić information content (AvgIpc) is 1.45. The van der Waals surface area contributed by atoms with Crippen molar-refractivity contribution < 1.29 is 81.1 Å². The first kappa shape index (κ1) is 65.9. The number of hydrogen-bond acceptors (Lipinski definition) is 18. The fraction of sp³-hybridized carbons (Fsp3) is 0.500. The van der Waals surface area contributed by atoms with Crippen LogP contribution in [0, 0.1) is 18.7 Å². The monoisotopic (exact) mass is 1220 g/mol. The van der Waals surface area contributed by atoms with Crippen molar-refractivity contribution in [3.63, 3.8) is 0 Å². The quantitative estimate of drug-likeness (QED) is 0.0249. The van der Waals surface area contributed by atoms with Crippen molar-refractivity contribution in [1.29, 1.82) is 0 Å². The number of rotatable bonds is 37. The summed E-state index contributed by atoms with van der Waals surface area (Å²) in [4.78, 5) is 147. The molecule has 3 atom stereocenters. The van der Waals surface area contributed by atoms with Crippen molar-refractivity contribution in [3.8, 4) is 11.4 Å². The second-order valence-corrected chi connectivity index (χ2v) is 22.3. The summed E-state index contributed by atoms with van der Waals surface area (Å²) >= 11 is 0. The third-order valence-electron chi connectivity index (χ3n) is 16.2. The second-order valence-electron chi connectivity index (χ2n) is 22.3. The highest BCUT2D eigenvalue weighted by molar-refractivity contribution is 6.13. The molecular weight excluding hydrogens is 1140 g/mol. The number of nitrogens with zero attached hydrogens (tertiary/aromatic N) is 3. The molecule has 0 radical (unpaired) electrons. The number of pyridine rings is 2. The molecule has 4 aromatic rings. The van der Waals surface area contributed by atoms with Crippen molar-refractivity contribution in [1.82, 2.24) is 30.4 Å². The Kier molecular flexibility index (Phi) is 23.4. The zero-order chi connectivity index (χ0) is 62.9. The number of esters is 1. The maximum atomic E-state index is 15.4. The number of ketones is 4. The zero-order valence-corrected chi connectivity index (χ0v) is 49.6. The Hall–Kier alpha value is -8.03. The number of aliphatic hydroxyl groups is 1. The first-order chi connectivity index (χ1) is 42.4. The van der Waals surface area contributed by atoms with Gasteiger partial charge >= 0.3 is 5.97 Å². The normalized spacial score (nSPS) is 16.7. The lowest BCUT2D eigenvalue weighted by Crippen LogP contribution is -2.44. The van der Waals surface area contributed by atoms with Gasteiger partial charge in [0.05, 0.1) is 94.4 Å². The van der Waals surface area contributed by atoms with Crippen molar-refractivity contribution in [3.05, 3.63) is 110 Å². The number of Topliss-reactive ketones (excluding diaryl/α,β-unsaturated/α-hetero) is 4. The largest absolute Gasteiger partial charge is 0.458 e. The zero-order valence-electron chi connectivity index (χ0n) is 49.6. The van der Waals surface area contributed by atoms with Gasteiger partial charge in [-0.15, -0.1) is 0 Å². The lowest BCUT2D eigenvalue weighted by Gasteiger charge is -2.31. The van der Waals surface area contributed by atoms with E-state index in [9.17, 15) is 57.8 Å². The smallest absolute Gasteiger partial charge is 0.343 e. The summed E-state index contributed by atoms with van der Waals surface area (Å²) in [6, 6.07) is 11.4. The number of imide groups is 1. The number of aryl methyl sites for hydroxylation is 1. The van der Waals surface area contributed by atoms with Gasteiger partial charge in [-0.3, -0.25) is 52.8 Å². The Morgan fingerprint density at radius 3 is 2.10 bits per heavy atom. The van der Waals surface area contributed by atoms with E-state index in [1.54, 1.807) is 44.2 Å². The highest BCUT2D eigenvalue weighted by Crippen LogP contribution is 2.46. The number of nitrogens with one attached hydrogen (secondary N) is 3. The Labute approximate surface area is 507 Å². The first-order valence-electron chi connectivity index (χ1n) is 30.0. The van der Waals surface area contributed by atoms with Crippen LogP contribution in [0.15, 0.2) is 59.4 Å². The molecule has 23 nitrogen and oxygen atoms in total. The van der Waals surface area contributed by atoms with Gasteiger partial charge in [0, 0.05) is 105 Å². The lowest BCUT2D eigenvalue weighted by molar-refractivity contribution is -0.172. The summed E-state index contributed by atoms with van der Waals surface area (Å²) < 4.78 is 44.0. The predicted molar refractivity (Wildman–Crippen MR) is 313 cm³/mol. The number of benzene rings is 2. The van der Waals surface area contributed by atoms with E-state index in [2.05, 4.69) is 16.0 Å². The molecular formula is C64H75FN6O17. The number of carbonyl (C=O) groups excluding carboxylic acids is 10. The minimum atomic E-state index is -2.05. The molecule has 24 heteroatoms. The molecule has 4 N–H and O–H groups in total. The van der Waals surface area contributed by atoms with Crippen LogP contribution >= 0.6 is 0 Å². The average molecular weight is 1220 g/mol. The van der Waals surface area contributed by atoms with E-state index in [4.69, 9.17) is 28.7 Å². The number of halogens is 1. The van der Waals surface area contributed by atoms with Crippen molar-refractivity contribution in [2.75, 3.05) is 72.5 Å². The van der Waals surface area contributed by atoms with Gasteiger partial charge in [0.25, 0.3) is 17.4 Å². The Balaban J connectivity index is 0.701. The van der Waals surface area contributed by atoms with E-state index in [1.807, 2.05) is 6.07 Å². The van der Waals surface area contributed by atoms with E-state index < -0.39 is 64.3 Å². The van der Waals surface area contributed by atoms with E-state index in [0.717, 1.165) is 16.0 Å². The molecule has 0 saturated carbocycles. The summed E-state index contributed by atoms with van der Waals surface area (Å²) in [7, 11) is 0. The topological polar surface area (TPSA) is 311 Å². The van der Waals surface area contributed by atoms with Crippen LogP contribution in [0.1, 0.15) is 129 Å². The highest BCUT2D eigenvalue weighted by atomic mass is 19.1. The molecule has 0 fully saturated rings. The summed E-state index contributed by atoms with van der Waals surface area (Å²) in [5.41, 5.74) is 2.16. The van der Waals surface area contributed by atoms with E-state index in [-0.39, 0.29) is 158 Å². The molecule has 88 heavy (non-hydrogen) atoms.